The largest absolute Gasteiger partial charge is 0.330 e. The SMILES string of the molecule is CCCC(S)CCCN. The molecule has 0 heterocycles. The zero-order chi connectivity index (χ0) is 7.11. The van der Waals surface area contributed by atoms with Crippen LogP contribution < -0.4 is 5.73 Å². The molecule has 1 unspecified atom stereocenters. The first-order valence-corrected chi connectivity index (χ1v) is 4.21. The van der Waals surface area contributed by atoms with Crippen molar-refractivity contribution in [1.82, 2.24) is 0 Å². The number of rotatable bonds is 5. The smallest absolute Gasteiger partial charge is 0.00171 e. The summed E-state index contributed by atoms with van der Waals surface area (Å²) in [5.74, 6) is 0. The van der Waals surface area contributed by atoms with Gasteiger partial charge in [-0.15, -0.1) is 0 Å². The Balaban J connectivity index is 2.95. The molecule has 0 aromatic heterocycles. The Bertz CT molecular complexity index is 56.9. The summed E-state index contributed by atoms with van der Waals surface area (Å²) in [6.07, 6.45) is 4.75. The monoisotopic (exact) mass is 147 g/mol. The van der Waals surface area contributed by atoms with Crippen LogP contribution in [0, 0.1) is 0 Å². The fourth-order valence-corrected chi connectivity index (χ4v) is 1.27. The van der Waals surface area contributed by atoms with Gasteiger partial charge in [0.1, 0.15) is 0 Å². The van der Waals surface area contributed by atoms with Gasteiger partial charge in [-0.05, 0) is 25.8 Å². The maximum absolute atomic E-state index is 5.34. The van der Waals surface area contributed by atoms with Crippen LogP contribution in [0.25, 0.3) is 0 Å². The number of thiol groups is 1. The van der Waals surface area contributed by atoms with E-state index in [1.54, 1.807) is 0 Å². The molecule has 56 valence electrons. The minimum atomic E-state index is 0.582. The lowest BCUT2D eigenvalue weighted by molar-refractivity contribution is 0.656. The Morgan fingerprint density at radius 3 is 2.56 bits per heavy atom. The van der Waals surface area contributed by atoms with Gasteiger partial charge in [-0.3, -0.25) is 0 Å². The van der Waals surface area contributed by atoms with E-state index >= 15 is 0 Å². The van der Waals surface area contributed by atoms with Crippen LogP contribution in [0.5, 0.6) is 0 Å². The first-order chi connectivity index (χ1) is 4.31. The average Bonchev–Trinajstić information content (AvgIpc) is 1.85. The van der Waals surface area contributed by atoms with Crippen LogP contribution >= 0.6 is 12.6 Å². The molecule has 0 fully saturated rings. The molecule has 2 N–H and O–H groups in total. The second-order valence-corrected chi connectivity index (χ2v) is 3.10. The van der Waals surface area contributed by atoms with Crippen LogP contribution in [0.1, 0.15) is 32.6 Å². The molecule has 0 spiro atoms. The third-order valence-corrected chi connectivity index (χ3v) is 1.88. The molecule has 0 saturated heterocycles. The van der Waals surface area contributed by atoms with Crippen molar-refractivity contribution in [3.63, 3.8) is 0 Å². The minimum Gasteiger partial charge on any atom is -0.330 e. The zero-order valence-electron chi connectivity index (χ0n) is 6.14. The Morgan fingerprint density at radius 1 is 1.44 bits per heavy atom. The fourth-order valence-electron chi connectivity index (χ4n) is 0.831. The predicted molar refractivity (Wildman–Crippen MR) is 46.0 cm³/mol. The fraction of sp³-hybridized carbons (Fsp3) is 1.00. The van der Waals surface area contributed by atoms with Crippen molar-refractivity contribution in [3.05, 3.63) is 0 Å². The van der Waals surface area contributed by atoms with Crippen LogP contribution in [0.3, 0.4) is 0 Å². The molecule has 0 aromatic rings. The molecule has 0 amide bonds. The Morgan fingerprint density at radius 2 is 2.11 bits per heavy atom. The second-order valence-electron chi connectivity index (χ2n) is 2.37. The standard InChI is InChI=1S/C7H17NS/c1-2-4-7(9)5-3-6-8/h7,9H,2-6,8H2,1H3. The molecular formula is C7H17NS. The predicted octanol–water partition coefficient (Wildman–Crippen LogP) is 1.82. The first kappa shape index (κ1) is 9.31. The topological polar surface area (TPSA) is 26.0 Å². The molecule has 0 radical (unpaired) electrons. The Labute approximate surface area is 63.4 Å². The molecule has 9 heavy (non-hydrogen) atoms. The Kier molecular flexibility index (Phi) is 6.65. The molecule has 1 atom stereocenters. The second kappa shape index (κ2) is 6.43. The van der Waals surface area contributed by atoms with Crippen LogP contribution in [0.15, 0.2) is 0 Å². The number of hydrogen-bond donors (Lipinski definition) is 2. The van der Waals surface area contributed by atoms with Gasteiger partial charge in [0.15, 0.2) is 0 Å². The summed E-state index contributed by atoms with van der Waals surface area (Å²) in [4.78, 5) is 0. The molecule has 0 aliphatic rings. The van der Waals surface area contributed by atoms with E-state index in [1.807, 2.05) is 0 Å². The van der Waals surface area contributed by atoms with Gasteiger partial charge in [0, 0.05) is 5.25 Å². The first-order valence-electron chi connectivity index (χ1n) is 3.69. The molecule has 0 aromatic carbocycles. The minimum absolute atomic E-state index is 0.582. The Hall–Kier alpha value is 0.310. The van der Waals surface area contributed by atoms with Crippen molar-refractivity contribution in [2.24, 2.45) is 5.73 Å². The van der Waals surface area contributed by atoms with Crippen molar-refractivity contribution in [2.75, 3.05) is 6.54 Å². The van der Waals surface area contributed by atoms with E-state index in [9.17, 15) is 0 Å². The van der Waals surface area contributed by atoms with Gasteiger partial charge >= 0.3 is 0 Å². The van der Waals surface area contributed by atoms with Crippen molar-refractivity contribution in [2.45, 2.75) is 37.9 Å². The summed E-state index contributed by atoms with van der Waals surface area (Å²) in [6, 6.07) is 0. The van der Waals surface area contributed by atoms with Gasteiger partial charge in [-0.1, -0.05) is 13.3 Å². The highest BCUT2D eigenvalue weighted by atomic mass is 32.1. The van der Waals surface area contributed by atoms with Gasteiger partial charge in [0.05, 0.1) is 0 Å². The van der Waals surface area contributed by atoms with E-state index < -0.39 is 0 Å². The van der Waals surface area contributed by atoms with Crippen LogP contribution in [0.4, 0.5) is 0 Å². The van der Waals surface area contributed by atoms with Gasteiger partial charge < -0.3 is 5.73 Å². The van der Waals surface area contributed by atoms with Gasteiger partial charge in [0.25, 0.3) is 0 Å². The third-order valence-electron chi connectivity index (χ3n) is 1.36. The summed E-state index contributed by atoms with van der Waals surface area (Å²) in [5.41, 5.74) is 5.34. The lowest BCUT2D eigenvalue weighted by Gasteiger charge is -2.06. The molecule has 0 bridgehead atoms. The van der Waals surface area contributed by atoms with Gasteiger partial charge in [0.2, 0.25) is 0 Å². The van der Waals surface area contributed by atoms with E-state index in [4.69, 9.17) is 5.73 Å². The highest BCUT2D eigenvalue weighted by molar-refractivity contribution is 7.80. The van der Waals surface area contributed by atoms with Gasteiger partial charge in [-0.25, -0.2) is 0 Å². The molecule has 2 heteroatoms. The van der Waals surface area contributed by atoms with Crippen LogP contribution in [-0.4, -0.2) is 11.8 Å². The van der Waals surface area contributed by atoms with E-state index in [0.717, 1.165) is 13.0 Å². The summed E-state index contributed by atoms with van der Waals surface area (Å²) in [7, 11) is 0. The third kappa shape index (κ3) is 6.19. The molecule has 0 saturated carbocycles. The van der Waals surface area contributed by atoms with Gasteiger partial charge in [-0.2, -0.15) is 12.6 Å². The normalized spacial score (nSPS) is 13.7. The van der Waals surface area contributed by atoms with E-state index in [2.05, 4.69) is 19.6 Å². The average molecular weight is 147 g/mol. The molecule has 0 rings (SSSR count). The molecule has 0 aliphatic heterocycles. The van der Waals surface area contributed by atoms with Crippen molar-refractivity contribution < 1.29 is 0 Å². The maximum atomic E-state index is 5.34. The van der Waals surface area contributed by atoms with Crippen molar-refractivity contribution >= 4 is 12.6 Å². The zero-order valence-corrected chi connectivity index (χ0v) is 7.03. The summed E-state index contributed by atoms with van der Waals surface area (Å²) >= 11 is 4.39. The summed E-state index contributed by atoms with van der Waals surface area (Å²) in [5, 5.41) is 0.582. The summed E-state index contributed by atoms with van der Waals surface area (Å²) in [6.45, 7) is 2.99. The lowest BCUT2D eigenvalue weighted by Crippen LogP contribution is -2.04. The van der Waals surface area contributed by atoms with Crippen LogP contribution in [-0.2, 0) is 0 Å². The van der Waals surface area contributed by atoms with Crippen molar-refractivity contribution in [1.29, 1.82) is 0 Å². The van der Waals surface area contributed by atoms with Crippen molar-refractivity contribution in [3.8, 4) is 0 Å². The van der Waals surface area contributed by atoms with Crippen LogP contribution in [0.2, 0.25) is 0 Å². The van der Waals surface area contributed by atoms with E-state index in [-0.39, 0.29) is 0 Å². The number of hydrogen-bond acceptors (Lipinski definition) is 2. The lowest BCUT2D eigenvalue weighted by atomic mass is 10.1. The summed E-state index contributed by atoms with van der Waals surface area (Å²) < 4.78 is 0. The molecular weight excluding hydrogens is 130 g/mol. The number of nitrogens with two attached hydrogens (primary N) is 1. The maximum Gasteiger partial charge on any atom is 0.00171 e. The van der Waals surface area contributed by atoms with E-state index in [0.29, 0.717) is 5.25 Å². The highest BCUT2D eigenvalue weighted by Crippen LogP contribution is 2.09. The molecule has 1 nitrogen and oxygen atoms in total. The quantitative estimate of drug-likeness (QED) is 0.570. The highest BCUT2D eigenvalue weighted by Gasteiger charge is 1.98. The van der Waals surface area contributed by atoms with E-state index in [1.165, 1.54) is 19.3 Å². The molecule has 0 aliphatic carbocycles.